The maximum atomic E-state index is 4.48. The molecule has 0 radical (unpaired) electrons. The fourth-order valence-corrected chi connectivity index (χ4v) is 7.62. The third-order valence-electron chi connectivity index (χ3n) is 2.65. The Morgan fingerprint density at radius 3 is 1.80 bits per heavy atom. The van der Waals surface area contributed by atoms with Crippen molar-refractivity contribution in [3.8, 4) is 0 Å². The summed E-state index contributed by atoms with van der Waals surface area (Å²) in [5, 5.41) is 0. The highest BCUT2D eigenvalue weighted by Gasteiger charge is 2.22. The van der Waals surface area contributed by atoms with Gasteiger partial charge in [-0.3, -0.25) is 0 Å². The first-order valence-corrected chi connectivity index (χ1v) is 10.2. The molecule has 0 aromatic carbocycles. The lowest BCUT2D eigenvalue weighted by Crippen LogP contribution is -1.79. The molecule has 1 heterocycles. The summed E-state index contributed by atoms with van der Waals surface area (Å²) in [6, 6.07) is 0. The van der Waals surface area contributed by atoms with E-state index in [1.165, 1.54) is 18.3 Å². The van der Waals surface area contributed by atoms with E-state index in [0.717, 1.165) is 21.3 Å². The normalized spacial score (nSPS) is 21.0. The lowest BCUT2D eigenvalue weighted by atomic mass is 10.5. The van der Waals surface area contributed by atoms with Gasteiger partial charge < -0.3 is 0 Å². The molecule has 104 valence electrons. The molecule has 0 aromatic rings. The van der Waals surface area contributed by atoms with E-state index in [2.05, 4.69) is 61.7 Å². The van der Waals surface area contributed by atoms with Crippen LogP contribution >= 0.6 is 72.3 Å². The van der Waals surface area contributed by atoms with Gasteiger partial charge in [0.1, 0.15) is 0 Å². The summed E-state index contributed by atoms with van der Waals surface area (Å²) in [4.78, 5) is 2.81. The Kier molecular flexibility index (Phi) is 5.56. The molecule has 0 saturated heterocycles. The smallest absolute Gasteiger partial charge is 0.0717 e. The minimum atomic E-state index is 1.00. The Labute approximate surface area is 147 Å². The van der Waals surface area contributed by atoms with Crippen molar-refractivity contribution in [1.29, 1.82) is 0 Å². The molecule has 3 rings (SSSR count). The fraction of sp³-hybridized carbons (Fsp3) is 0.143. The van der Waals surface area contributed by atoms with Gasteiger partial charge in [-0.2, -0.15) is 0 Å². The first-order chi connectivity index (χ1) is 9.72. The number of rotatable bonds is 4. The van der Waals surface area contributed by atoms with E-state index in [1.54, 1.807) is 23.5 Å². The van der Waals surface area contributed by atoms with E-state index in [1.807, 2.05) is 23.5 Å². The summed E-state index contributed by atoms with van der Waals surface area (Å²) in [7, 11) is 0. The van der Waals surface area contributed by atoms with Crippen molar-refractivity contribution in [2.45, 2.75) is 12.8 Å². The van der Waals surface area contributed by atoms with Gasteiger partial charge in [-0.25, -0.2) is 0 Å². The summed E-state index contributed by atoms with van der Waals surface area (Å²) in [5.74, 6) is 0. The van der Waals surface area contributed by atoms with Crippen LogP contribution in [0.15, 0.2) is 63.2 Å². The molecule has 0 unspecified atom stereocenters. The molecule has 0 aromatic heterocycles. The van der Waals surface area contributed by atoms with Crippen molar-refractivity contribution >= 4 is 72.3 Å². The summed E-state index contributed by atoms with van der Waals surface area (Å²) in [5.41, 5.74) is 0. The molecule has 20 heavy (non-hydrogen) atoms. The average molecular weight is 373 g/mol. The maximum absolute atomic E-state index is 4.48. The Balaban J connectivity index is 1.78. The van der Waals surface area contributed by atoms with Crippen LogP contribution in [0.4, 0.5) is 0 Å². The highest BCUT2D eigenvalue weighted by Crippen LogP contribution is 2.58. The number of thioether (sulfide) groups is 4. The van der Waals surface area contributed by atoms with Crippen LogP contribution in [0, 0.1) is 0 Å². The molecule has 0 bridgehead atoms. The summed E-state index contributed by atoms with van der Waals surface area (Å²) < 4.78 is 4.66. The van der Waals surface area contributed by atoms with Crippen LogP contribution in [0.2, 0.25) is 0 Å². The van der Waals surface area contributed by atoms with E-state index >= 15 is 0 Å². The maximum Gasteiger partial charge on any atom is 0.0717 e. The summed E-state index contributed by atoms with van der Waals surface area (Å²) >= 11 is 16.2. The quantitative estimate of drug-likeness (QED) is 0.524. The van der Waals surface area contributed by atoms with Crippen molar-refractivity contribution in [1.82, 2.24) is 0 Å². The Morgan fingerprint density at radius 2 is 1.40 bits per heavy atom. The minimum absolute atomic E-state index is 1.00. The third-order valence-corrected chi connectivity index (χ3v) is 9.25. The predicted molar refractivity (Wildman–Crippen MR) is 106 cm³/mol. The van der Waals surface area contributed by atoms with E-state index in [4.69, 9.17) is 0 Å². The molecule has 6 heteroatoms. The molecule has 0 saturated carbocycles. The van der Waals surface area contributed by atoms with Gasteiger partial charge in [-0.05, 0) is 22.7 Å². The zero-order valence-electron chi connectivity index (χ0n) is 10.4. The largest absolute Gasteiger partial charge is 0.135 e. The van der Waals surface area contributed by atoms with Crippen LogP contribution in [0.25, 0.3) is 0 Å². The second kappa shape index (κ2) is 7.20. The Bertz CT molecular complexity index is 553. The van der Waals surface area contributed by atoms with Gasteiger partial charge in [-0.1, -0.05) is 83.5 Å². The Hall–Kier alpha value is 0.540. The number of thiol groups is 2. The van der Waals surface area contributed by atoms with Gasteiger partial charge in [0.15, 0.2) is 0 Å². The van der Waals surface area contributed by atoms with Crippen LogP contribution in [0.5, 0.6) is 0 Å². The first-order valence-electron chi connectivity index (χ1n) is 6.01. The third kappa shape index (κ3) is 3.84. The van der Waals surface area contributed by atoms with E-state index in [9.17, 15) is 0 Å². The lowest BCUT2D eigenvalue weighted by molar-refractivity contribution is 1.41. The minimum Gasteiger partial charge on any atom is -0.135 e. The SMILES string of the molecule is SC1=C(S)SC(=C(SC2=CC=CC2)SC2=CC=CC2)S1. The second-order valence-electron chi connectivity index (χ2n) is 4.12. The van der Waals surface area contributed by atoms with Crippen LogP contribution in [0.1, 0.15) is 12.8 Å². The van der Waals surface area contributed by atoms with Crippen LogP contribution in [0.3, 0.4) is 0 Å². The fourth-order valence-electron chi connectivity index (χ4n) is 1.72. The van der Waals surface area contributed by atoms with Crippen molar-refractivity contribution in [3.63, 3.8) is 0 Å². The van der Waals surface area contributed by atoms with Gasteiger partial charge in [0, 0.05) is 0 Å². The van der Waals surface area contributed by atoms with E-state index in [0.29, 0.717) is 0 Å². The molecule has 0 spiro atoms. The molecule has 2 aliphatic carbocycles. The van der Waals surface area contributed by atoms with Crippen molar-refractivity contribution in [2.24, 2.45) is 0 Å². The topological polar surface area (TPSA) is 0 Å². The van der Waals surface area contributed by atoms with Gasteiger partial charge in [0.05, 0.1) is 16.9 Å². The molecule has 0 N–H and O–H groups in total. The number of hydrogen-bond acceptors (Lipinski definition) is 6. The van der Waals surface area contributed by atoms with Gasteiger partial charge in [0.25, 0.3) is 0 Å². The molecule has 3 aliphatic rings. The average Bonchev–Trinajstić information content (AvgIpc) is 3.13. The van der Waals surface area contributed by atoms with Crippen molar-refractivity contribution in [3.05, 3.63) is 63.2 Å². The van der Waals surface area contributed by atoms with Crippen LogP contribution < -0.4 is 0 Å². The Morgan fingerprint density at radius 1 is 0.900 bits per heavy atom. The van der Waals surface area contributed by atoms with Crippen molar-refractivity contribution < 1.29 is 0 Å². The molecular weight excluding hydrogens is 361 g/mol. The zero-order chi connectivity index (χ0) is 13.9. The molecule has 0 amide bonds. The van der Waals surface area contributed by atoms with E-state index < -0.39 is 0 Å². The molecule has 1 aliphatic heterocycles. The van der Waals surface area contributed by atoms with Crippen LogP contribution in [-0.4, -0.2) is 0 Å². The van der Waals surface area contributed by atoms with E-state index in [-0.39, 0.29) is 0 Å². The highest BCUT2D eigenvalue weighted by molar-refractivity contribution is 8.39. The van der Waals surface area contributed by atoms with Crippen LogP contribution in [-0.2, 0) is 0 Å². The number of allylic oxidation sites excluding steroid dienone is 8. The van der Waals surface area contributed by atoms with Gasteiger partial charge in [-0.15, -0.1) is 25.3 Å². The van der Waals surface area contributed by atoms with Gasteiger partial charge >= 0.3 is 0 Å². The lowest BCUT2D eigenvalue weighted by Gasteiger charge is -2.11. The summed E-state index contributed by atoms with van der Waals surface area (Å²) in [6.45, 7) is 0. The standard InChI is InChI=1S/C14H12S6/c15-11-12(16)20-14(19-11)13(17-9-5-1-2-6-9)18-10-7-3-4-8-10/h1-5,7,15-16H,6,8H2. The second-order valence-corrected chi connectivity index (χ2v) is 10.5. The zero-order valence-corrected chi connectivity index (χ0v) is 15.5. The molecule has 0 atom stereocenters. The summed E-state index contributed by atoms with van der Waals surface area (Å²) in [6.07, 6.45) is 15.2. The van der Waals surface area contributed by atoms with Gasteiger partial charge in [0.2, 0.25) is 0 Å². The number of hydrogen-bond donors (Lipinski definition) is 2. The predicted octanol–water partition coefficient (Wildman–Crippen LogP) is 6.73. The molecule has 0 nitrogen and oxygen atoms in total. The first kappa shape index (κ1) is 15.4. The monoisotopic (exact) mass is 372 g/mol. The highest BCUT2D eigenvalue weighted by atomic mass is 32.2. The molecular formula is C14H12S6. The van der Waals surface area contributed by atoms with Crippen molar-refractivity contribution in [2.75, 3.05) is 0 Å². The molecule has 0 fully saturated rings.